The van der Waals surface area contributed by atoms with Gasteiger partial charge >= 0.3 is 12.2 Å². The number of ether oxygens (including phenoxy) is 1. The molecule has 0 aromatic carbocycles. The van der Waals surface area contributed by atoms with Crippen molar-refractivity contribution in [2.75, 3.05) is 18.6 Å². The molecule has 0 spiro atoms. The first-order valence-electron chi connectivity index (χ1n) is 5.02. The van der Waals surface area contributed by atoms with Gasteiger partial charge in [-0.3, -0.25) is 0 Å². The van der Waals surface area contributed by atoms with Crippen molar-refractivity contribution in [2.24, 2.45) is 0 Å². The standard InChI is InChI=1S/C9H12ClF3N4O/c1-5(2)17(4-9(11,12)13)7-14-6(10)15-8(16-7)18-3/h5H,4H2,1-3H3. The van der Waals surface area contributed by atoms with Gasteiger partial charge in [0.15, 0.2) is 0 Å². The molecule has 0 aliphatic carbocycles. The summed E-state index contributed by atoms with van der Waals surface area (Å²) < 4.78 is 42.1. The van der Waals surface area contributed by atoms with Crippen LogP contribution < -0.4 is 9.64 Å². The molecular weight excluding hydrogens is 273 g/mol. The summed E-state index contributed by atoms with van der Waals surface area (Å²) in [7, 11) is 1.29. The predicted molar refractivity (Wildman–Crippen MR) is 59.9 cm³/mol. The second-order valence-electron chi connectivity index (χ2n) is 3.73. The maximum atomic E-state index is 12.5. The molecule has 0 aliphatic rings. The summed E-state index contributed by atoms with van der Waals surface area (Å²) in [6.45, 7) is 2.01. The molecule has 0 saturated heterocycles. The van der Waals surface area contributed by atoms with Crippen molar-refractivity contribution in [2.45, 2.75) is 26.1 Å². The molecule has 0 amide bonds. The Morgan fingerprint density at radius 1 is 1.28 bits per heavy atom. The molecule has 0 unspecified atom stereocenters. The van der Waals surface area contributed by atoms with Crippen LogP contribution in [0.3, 0.4) is 0 Å². The van der Waals surface area contributed by atoms with Gasteiger partial charge in [0.1, 0.15) is 6.54 Å². The van der Waals surface area contributed by atoms with Crippen molar-refractivity contribution >= 4 is 17.5 Å². The van der Waals surface area contributed by atoms with Crippen LogP contribution in [0.1, 0.15) is 13.8 Å². The molecule has 1 aromatic heterocycles. The quantitative estimate of drug-likeness (QED) is 0.849. The van der Waals surface area contributed by atoms with Crippen molar-refractivity contribution in [3.8, 4) is 6.01 Å². The molecule has 1 heterocycles. The van der Waals surface area contributed by atoms with Crippen molar-refractivity contribution < 1.29 is 17.9 Å². The maximum absolute atomic E-state index is 12.5. The molecule has 0 atom stereocenters. The van der Waals surface area contributed by atoms with Crippen molar-refractivity contribution in [1.82, 2.24) is 15.0 Å². The van der Waals surface area contributed by atoms with Gasteiger partial charge < -0.3 is 9.64 Å². The molecule has 102 valence electrons. The molecule has 5 nitrogen and oxygen atoms in total. The number of hydrogen-bond donors (Lipinski definition) is 0. The van der Waals surface area contributed by atoms with Crippen LogP contribution in [0.5, 0.6) is 6.01 Å². The summed E-state index contributed by atoms with van der Waals surface area (Å²) in [4.78, 5) is 12.0. The summed E-state index contributed by atoms with van der Waals surface area (Å²) in [6.07, 6.45) is -4.36. The lowest BCUT2D eigenvalue weighted by atomic mass is 10.3. The van der Waals surface area contributed by atoms with E-state index in [0.717, 1.165) is 4.90 Å². The number of nitrogens with zero attached hydrogens (tertiary/aromatic N) is 4. The van der Waals surface area contributed by atoms with Crippen molar-refractivity contribution in [1.29, 1.82) is 0 Å². The monoisotopic (exact) mass is 284 g/mol. The van der Waals surface area contributed by atoms with Crippen LogP contribution in [0.2, 0.25) is 5.28 Å². The van der Waals surface area contributed by atoms with Gasteiger partial charge in [-0.2, -0.15) is 28.1 Å². The van der Waals surface area contributed by atoms with Gasteiger partial charge in [0.05, 0.1) is 7.11 Å². The van der Waals surface area contributed by atoms with E-state index in [2.05, 4.69) is 15.0 Å². The Hall–Kier alpha value is -1.31. The van der Waals surface area contributed by atoms with Gasteiger partial charge in [0, 0.05) is 6.04 Å². The fourth-order valence-corrected chi connectivity index (χ4v) is 1.37. The fourth-order valence-electron chi connectivity index (χ4n) is 1.22. The second-order valence-corrected chi connectivity index (χ2v) is 4.07. The first-order valence-corrected chi connectivity index (χ1v) is 5.39. The minimum absolute atomic E-state index is 0.127. The summed E-state index contributed by atoms with van der Waals surface area (Å²) in [5.41, 5.74) is 0. The van der Waals surface area contributed by atoms with Gasteiger partial charge in [0.25, 0.3) is 0 Å². The Bertz CT molecular complexity index is 413. The molecule has 1 rings (SSSR count). The zero-order chi connectivity index (χ0) is 13.9. The first kappa shape index (κ1) is 14.7. The average molecular weight is 285 g/mol. The van der Waals surface area contributed by atoms with E-state index < -0.39 is 18.8 Å². The summed E-state index contributed by atoms with van der Waals surface area (Å²) in [5.74, 6) is -0.167. The van der Waals surface area contributed by atoms with Crippen LogP contribution in [-0.2, 0) is 0 Å². The lowest BCUT2D eigenvalue weighted by molar-refractivity contribution is -0.120. The normalized spacial score (nSPS) is 11.8. The van der Waals surface area contributed by atoms with Crippen LogP contribution in [0.4, 0.5) is 19.1 Å². The highest BCUT2D eigenvalue weighted by molar-refractivity contribution is 6.28. The van der Waals surface area contributed by atoms with Gasteiger partial charge in [-0.05, 0) is 25.4 Å². The summed E-state index contributed by atoms with van der Waals surface area (Å²) in [5, 5.41) is -0.218. The van der Waals surface area contributed by atoms with E-state index in [0.29, 0.717) is 0 Å². The minimum atomic E-state index is -4.36. The average Bonchev–Trinajstić information content (AvgIpc) is 2.23. The van der Waals surface area contributed by atoms with E-state index in [1.54, 1.807) is 13.8 Å². The molecule has 0 N–H and O–H groups in total. The highest BCUT2D eigenvalue weighted by Crippen LogP contribution is 2.23. The maximum Gasteiger partial charge on any atom is 0.406 e. The predicted octanol–water partition coefficient (Wildman–Crippen LogP) is 2.31. The zero-order valence-electron chi connectivity index (χ0n) is 9.99. The van der Waals surface area contributed by atoms with Gasteiger partial charge in [-0.1, -0.05) is 0 Å². The fraction of sp³-hybridized carbons (Fsp3) is 0.667. The lowest BCUT2D eigenvalue weighted by Gasteiger charge is -2.27. The van der Waals surface area contributed by atoms with Crippen molar-refractivity contribution in [3.63, 3.8) is 0 Å². The summed E-state index contributed by atoms with van der Waals surface area (Å²) >= 11 is 5.60. The molecule has 0 bridgehead atoms. The number of aromatic nitrogens is 3. The number of alkyl halides is 3. The minimum Gasteiger partial charge on any atom is -0.467 e. The van der Waals surface area contributed by atoms with Crippen LogP contribution in [0.15, 0.2) is 0 Å². The van der Waals surface area contributed by atoms with Crippen LogP contribution >= 0.6 is 11.6 Å². The Morgan fingerprint density at radius 3 is 2.33 bits per heavy atom. The van der Waals surface area contributed by atoms with Gasteiger partial charge in [-0.15, -0.1) is 0 Å². The number of methoxy groups -OCH3 is 1. The third-order valence-corrected chi connectivity index (χ3v) is 2.16. The van der Waals surface area contributed by atoms with Crippen LogP contribution in [-0.4, -0.2) is 40.8 Å². The van der Waals surface area contributed by atoms with E-state index in [1.165, 1.54) is 7.11 Å². The molecule has 18 heavy (non-hydrogen) atoms. The topological polar surface area (TPSA) is 51.1 Å². The number of halogens is 4. The zero-order valence-corrected chi connectivity index (χ0v) is 10.7. The van der Waals surface area contributed by atoms with E-state index in [1.807, 2.05) is 0 Å². The third kappa shape index (κ3) is 4.17. The Balaban J connectivity index is 3.09. The number of anilines is 1. The molecule has 0 aliphatic heterocycles. The lowest BCUT2D eigenvalue weighted by Crippen LogP contribution is -2.40. The molecule has 9 heteroatoms. The Morgan fingerprint density at radius 2 is 1.89 bits per heavy atom. The molecule has 0 radical (unpaired) electrons. The van der Waals surface area contributed by atoms with Crippen molar-refractivity contribution in [3.05, 3.63) is 5.28 Å². The van der Waals surface area contributed by atoms with E-state index in [9.17, 15) is 13.2 Å². The Kier molecular flexibility index (Phi) is 4.55. The van der Waals surface area contributed by atoms with E-state index in [-0.39, 0.29) is 17.2 Å². The van der Waals surface area contributed by atoms with E-state index >= 15 is 0 Å². The molecule has 0 fully saturated rings. The highest BCUT2D eigenvalue weighted by Gasteiger charge is 2.33. The molecule has 1 aromatic rings. The van der Waals surface area contributed by atoms with E-state index in [4.69, 9.17) is 16.3 Å². The summed E-state index contributed by atoms with van der Waals surface area (Å²) in [6, 6.07) is -0.576. The SMILES string of the molecule is COc1nc(Cl)nc(N(CC(F)(F)F)C(C)C)n1. The number of hydrogen-bond acceptors (Lipinski definition) is 5. The van der Waals surface area contributed by atoms with Crippen LogP contribution in [0, 0.1) is 0 Å². The smallest absolute Gasteiger partial charge is 0.406 e. The van der Waals surface area contributed by atoms with Gasteiger partial charge in [0.2, 0.25) is 11.2 Å². The highest BCUT2D eigenvalue weighted by atomic mass is 35.5. The molecular formula is C9H12ClF3N4O. The second kappa shape index (κ2) is 5.55. The third-order valence-electron chi connectivity index (χ3n) is 1.99. The largest absolute Gasteiger partial charge is 0.467 e. The van der Waals surface area contributed by atoms with Crippen LogP contribution in [0.25, 0.3) is 0 Å². The van der Waals surface area contributed by atoms with Gasteiger partial charge in [-0.25, -0.2) is 0 Å². The number of rotatable bonds is 4. The molecule has 0 saturated carbocycles. The Labute approximate surface area is 107 Å². The first-order chi connectivity index (χ1) is 8.23.